The third-order valence-corrected chi connectivity index (χ3v) is 6.11. The molecule has 3 rings (SSSR count). The van der Waals surface area contributed by atoms with Crippen LogP contribution in [0.2, 0.25) is 0 Å². The van der Waals surface area contributed by atoms with E-state index in [0.29, 0.717) is 11.5 Å². The number of thiophene rings is 1. The van der Waals surface area contributed by atoms with Gasteiger partial charge in [-0.3, -0.25) is 4.90 Å². The van der Waals surface area contributed by atoms with Crippen molar-refractivity contribution in [2.75, 3.05) is 24.6 Å². The third-order valence-electron chi connectivity index (χ3n) is 3.54. The maximum Gasteiger partial charge on any atom is 0.153 e. The summed E-state index contributed by atoms with van der Waals surface area (Å²) in [7, 11) is -2.84. The van der Waals surface area contributed by atoms with Crippen LogP contribution in [0.15, 0.2) is 17.5 Å². The van der Waals surface area contributed by atoms with E-state index < -0.39 is 9.84 Å². The second-order valence-corrected chi connectivity index (χ2v) is 7.94. The minimum atomic E-state index is -2.84. The fourth-order valence-electron chi connectivity index (χ4n) is 2.74. The molecule has 1 aromatic heterocycles. The number of nitrogens with one attached hydrogen (secondary N) is 1. The molecule has 0 spiro atoms. The topological polar surface area (TPSA) is 49.4 Å². The van der Waals surface area contributed by atoms with Crippen LogP contribution < -0.4 is 5.32 Å². The molecule has 1 N–H and O–H groups in total. The van der Waals surface area contributed by atoms with Crippen LogP contribution in [0.25, 0.3) is 0 Å². The summed E-state index contributed by atoms with van der Waals surface area (Å²) in [5, 5.41) is 5.40. The predicted molar refractivity (Wildman–Crippen MR) is 69.0 cm³/mol. The molecule has 0 bridgehead atoms. The summed E-state index contributed by atoms with van der Waals surface area (Å²) < 4.78 is 23.4. The maximum absolute atomic E-state index is 11.7. The molecule has 2 aliphatic heterocycles. The van der Waals surface area contributed by atoms with Gasteiger partial charge in [0, 0.05) is 36.6 Å². The molecule has 0 radical (unpaired) electrons. The smallest absolute Gasteiger partial charge is 0.153 e. The molecule has 0 unspecified atom stereocenters. The highest BCUT2D eigenvalue weighted by Gasteiger charge is 2.42. The largest absolute Gasteiger partial charge is 0.310 e. The maximum atomic E-state index is 11.7. The summed E-state index contributed by atoms with van der Waals surface area (Å²) in [6.45, 7) is 2.71. The van der Waals surface area contributed by atoms with Gasteiger partial charge in [-0.2, -0.15) is 0 Å². The highest BCUT2D eigenvalue weighted by atomic mass is 32.2. The van der Waals surface area contributed by atoms with E-state index in [2.05, 4.69) is 21.7 Å². The van der Waals surface area contributed by atoms with Gasteiger partial charge in [0.15, 0.2) is 9.84 Å². The Kier molecular flexibility index (Phi) is 2.98. The first kappa shape index (κ1) is 11.6. The molecule has 6 heteroatoms. The van der Waals surface area contributed by atoms with Crippen LogP contribution in [-0.2, 0) is 16.4 Å². The zero-order chi connectivity index (χ0) is 11.9. The first-order valence-electron chi connectivity index (χ1n) is 5.84. The second-order valence-electron chi connectivity index (χ2n) is 4.75. The van der Waals surface area contributed by atoms with Gasteiger partial charge in [-0.25, -0.2) is 8.42 Å². The second kappa shape index (κ2) is 4.35. The predicted octanol–water partition coefficient (Wildman–Crippen LogP) is 0.319. The first-order valence-corrected chi connectivity index (χ1v) is 8.54. The summed E-state index contributed by atoms with van der Waals surface area (Å²) in [6.07, 6.45) is 0. The fraction of sp³-hybridized carbons (Fsp3) is 0.636. The van der Waals surface area contributed by atoms with Gasteiger partial charge < -0.3 is 5.32 Å². The molecule has 2 atom stereocenters. The zero-order valence-electron chi connectivity index (χ0n) is 9.50. The van der Waals surface area contributed by atoms with E-state index in [1.807, 2.05) is 6.07 Å². The minimum absolute atomic E-state index is 0.133. The first-order chi connectivity index (χ1) is 8.14. The van der Waals surface area contributed by atoms with E-state index in [1.54, 1.807) is 11.3 Å². The Hall–Kier alpha value is -0.430. The van der Waals surface area contributed by atoms with Crippen LogP contribution in [0.3, 0.4) is 0 Å². The molecule has 0 saturated carbocycles. The van der Waals surface area contributed by atoms with Crippen molar-refractivity contribution in [2.24, 2.45) is 0 Å². The minimum Gasteiger partial charge on any atom is -0.310 e. The molecule has 2 fully saturated rings. The quantitative estimate of drug-likeness (QED) is 0.842. The molecular weight excluding hydrogens is 256 g/mol. The molecular formula is C11H16N2O2S2. The van der Waals surface area contributed by atoms with Crippen molar-refractivity contribution in [1.82, 2.24) is 10.2 Å². The van der Waals surface area contributed by atoms with Crippen LogP contribution in [0.5, 0.6) is 0 Å². The number of nitrogens with zero attached hydrogens (tertiary/aromatic N) is 1. The number of rotatable bonds is 2. The van der Waals surface area contributed by atoms with Crippen LogP contribution in [0.4, 0.5) is 0 Å². The van der Waals surface area contributed by atoms with Crippen molar-refractivity contribution in [3.05, 3.63) is 22.4 Å². The summed E-state index contributed by atoms with van der Waals surface area (Å²) in [5.74, 6) is 0.620. The van der Waals surface area contributed by atoms with Gasteiger partial charge in [0.2, 0.25) is 0 Å². The number of piperazine rings is 1. The molecule has 0 aromatic carbocycles. The number of hydrogen-bond acceptors (Lipinski definition) is 5. The van der Waals surface area contributed by atoms with Gasteiger partial charge >= 0.3 is 0 Å². The lowest BCUT2D eigenvalue weighted by atomic mass is 10.1. The monoisotopic (exact) mass is 272 g/mol. The van der Waals surface area contributed by atoms with Crippen molar-refractivity contribution >= 4 is 21.2 Å². The molecule has 2 saturated heterocycles. The van der Waals surface area contributed by atoms with E-state index in [1.165, 1.54) is 4.88 Å². The molecule has 1 aromatic rings. The summed E-state index contributed by atoms with van der Waals surface area (Å²) >= 11 is 1.74. The highest BCUT2D eigenvalue weighted by Crippen LogP contribution is 2.24. The van der Waals surface area contributed by atoms with Gasteiger partial charge in [-0.15, -0.1) is 11.3 Å². The van der Waals surface area contributed by atoms with Crippen molar-refractivity contribution in [3.63, 3.8) is 0 Å². The van der Waals surface area contributed by atoms with E-state index >= 15 is 0 Å². The zero-order valence-corrected chi connectivity index (χ0v) is 11.1. The number of sulfone groups is 1. The lowest BCUT2D eigenvalue weighted by Crippen LogP contribution is -2.56. The van der Waals surface area contributed by atoms with Gasteiger partial charge in [-0.1, -0.05) is 6.07 Å². The van der Waals surface area contributed by atoms with Crippen LogP contribution in [0.1, 0.15) is 4.88 Å². The average Bonchev–Trinajstić information content (AvgIpc) is 2.84. The van der Waals surface area contributed by atoms with Crippen LogP contribution >= 0.6 is 11.3 Å². The summed E-state index contributed by atoms with van der Waals surface area (Å²) in [6, 6.07) is 4.46. The van der Waals surface area contributed by atoms with E-state index in [9.17, 15) is 8.42 Å². The Morgan fingerprint density at radius 3 is 3.12 bits per heavy atom. The SMILES string of the molecule is O=S1(=O)C[C@@H]2NCCN(Cc3cccs3)[C@@H]2C1. The van der Waals surface area contributed by atoms with Crippen molar-refractivity contribution in [2.45, 2.75) is 18.6 Å². The number of hydrogen-bond donors (Lipinski definition) is 1. The fourth-order valence-corrected chi connectivity index (χ4v) is 5.46. The summed E-state index contributed by atoms with van der Waals surface area (Å²) in [5.41, 5.74) is 0. The third kappa shape index (κ3) is 2.40. The van der Waals surface area contributed by atoms with E-state index in [0.717, 1.165) is 19.6 Å². The van der Waals surface area contributed by atoms with Crippen molar-refractivity contribution in [1.29, 1.82) is 0 Å². The Morgan fingerprint density at radius 1 is 1.47 bits per heavy atom. The van der Waals surface area contributed by atoms with Crippen LogP contribution in [0, 0.1) is 0 Å². The molecule has 3 heterocycles. The molecule has 0 aliphatic carbocycles. The van der Waals surface area contributed by atoms with E-state index in [-0.39, 0.29) is 12.1 Å². The standard InChI is InChI=1S/C11H16N2O2S2/c14-17(15)7-10-11(8-17)13(4-3-12-10)6-9-2-1-5-16-9/h1-2,5,10-12H,3-4,6-8H2/t10-,11+/m0/s1. The molecule has 94 valence electrons. The Balaban J connectivity index is 1.77. The van der Waals surface area contributed by atoms with E-state index in [4.69, 9.17) is 0 Å². The van der Waals surface area contributed by atoms with Gasteiger partial charge in [0.25, 0.3) is 0 Å². The lowest BCUT2D eigenvalue weighted by molar-refractivity contribution is 0.142. The van der Waals surface area contributed by atoms with Gasteiger partial charge in [-0.05, 0) is 11.4 Å². The Bertz CT molecular complexity index is 484. The average molecular weight is 272 g/mol. The van der Waals surface area contributed by atoms with Gasteiger partial charge in [0.05, 0.1) is 11.5 Å². The number of fused-ring (bicyclic) bond motifs is 1. The van der Waals surface area contributed by atoms with Crippen LogP contribution in [-0.4, -0.2) is 50.0 Å². The van der Waals surface area contributed by atoms with Crippen molar-refractivity contribution in [3.8, 4) is 0 Å². The van der Waals surface area contributed by atoms with Gasteiger partial charge in [0.1, 0.15) is 0 Å². The lowest BCUT2D eigenvalue weighted by Gasteiger charge is -2.37. The van der Waals surface area contributed by atoms with Crippen molar-refractivity contribution < 1.29 is 8.42 Å². The molecule has 2 aliphatic rings. The molecule has 0 amide bonds. The summed E-state index contributed by atoms with van der Waals surface area (Å²) in [4.78, 5) is 3.63. The highest BCUT2D eigenvalue weighted by molar-refractivity contribution is 7.91. The Morgan fingerprint density at radius 2 is 2.35 bits per heavy atom. The Labute approximate surface area is 106 Å². The normalized spacial score (nSPS) is 32.5. The molecule has 17 heavy (non-hydrogen) atoms. The molecule has 4 nitrogen and oxygen atoms in total.